The Morgan fingerprint density at radius 2 is 2.00 bits per heavy atom. The molecule has 1 aromatic rings. The van der Waals surface area contributed by atoms with Crippen molar-refractivity contribution in [3.05, 3.63) is 35.4 Å². The minimum absolute atomic E-state index is 0.135. The van der Waals surface area contributed by atoms with Crippen LogP contribution < -0.4 is 5.32 Å². The van der Waals surface area contributed by atoms with E-state index in [1.807, 2.05) is 0 Å². The van der Waals surface area contributed by atoms with Crippen LogP contribution in [0.25, 0.3) is 0 Å². The molecule has 18 heavy (non-hydrogen) atoms. The molecule has 0 saturated carbocycles. The maximum atomic E-state index is 13.1. The molecule has 2 rings (SSSR count). The monoisotopic (exact) mass is 270 g/mol. The smallest absolute Gasteiger partial charge is 0.229 e. The lowest BCUT2D eigenvalue weighted by Crippen LogP contribution is -2.38. The quantitative estimate of drug-likeness (QED) is 0.790. The Morgan fingerprint density at radius 3 is 2.56 bits per heavy atom. The van der Waals surface area contributed by atoms with Crippen LogP contribution in [0.5, 0.6) is 0 Å². The second-order valence-electron chi connectivity index (χ2n) is 4.16. The number of amides is 1. The molecule has 0 aromatic heterocycles. The fourth-order valence-corrected chi connectivity index (χ4v) is 2.25. The zero-order valence-electron chi connectivity index (χ0n) is 9.74. The van der Waals surface area contributed by atoms with Gasteiger partial charge in [0.1, 0.15) is 11.6 Å². The van der Waals surface area contributed by atoms with Crippen molar-refractivity contribution in [3.63, 3.8) is 0 Å². The number of benzene rings is 1. The van der Waals surface area contributed by atoms with Gasteiger partial charge in [-0.2, -0.15) is 0 Å². The summed E-state index contributed by atoms with van der Waals surface area (Å²) in [5.41, 5.74) is 0.488. The van der Waals surface area contributed by atoms with Crippen LogP contribution in [-0.4, -0.2) is 29.5 Å². The second-order valence-corrected chi connectivity index (χ2v) is 4.55. The van der Waals surface area contributed by atoms with Crippen LogP contribution in [0.15, 0.2) is 18.2 Å². The number of nitrogens with one attached hydrogen (secondary N) is 1. The summed E-state index contributed by atoms with van der Waals surface area (Å²) in [4.78, 5) is 13.2. The summed E-state index contributed by atoms with van der Waals surface area (Å²) in [6.45, 7) is 0.349. The molecule has 0 aliphatic carbocycles. The van der Waals surface area contributed by atoms with Crippen molar-refractivity contribution >= 4 is 23.2 Å². The Labute approximate surface area is 109 Å². The van der Waals surface area contributed by atoms with E-state index >= 15 is 0 Å². The molecule has 1 N–H and O–H groups in total. The Balaban J connectivity index is 2.21. The summed E-state index contributed by atoms with van der Waals surface area (Å²) >= 11 is 4.99. The molecule has 0 bridgehead atoms. The Bertz CT molecular complexity index is 487. The average molecular weight is 270 g/mol. The normalized spacial score (nSPS) is 19.2. The lowest BCUT2D eigenvalue weighted by Gasteiger charge is -2.17. The molecular weight excluding hydrogens is 258 g/mol. The van der Waals surface area contributed by atoms with Gasteiger partial charge in [0.2, 0.25) is 5.91 Å². The van der Waals surface area contributed by atoms with Crippen molar-refractivity contribution in [2.75, 3.05) is 13.6 Å². The lowest BCUT2D eigenvalue weighted by molar-refractivity contribution is -0.124. The van der Waals surface area contributed by atoms with E-state index in [0.29, 0.717) is 17.2 Å². The minimum atomic E-state index is -0.632. The Kier molecular flexibility index (Phi) is 3.56. The zero-order chi connectivity index (χ0) is 13.3. The molecule has 1 aliphatic rings. The van der Waals surface area contributed by atoms with E-state index in [-0.39, 0.29) is 18.2 Å². The number of likely N-dealkylation sites (tertiary alicyclic amines) is 1. The predicted octanol–water partition coefficient (Wildman–Crippen LogP) is 1.79. The zero-order valence-corrected chi connectivity index (χ0v) is 10.6. The van der Waals surface area contributed by atoms with Gasteiger partial charge in [-0.15, -0.1) is 0 Å². The van der Waals surface area contributed by atoms with E-state index in [4.69, 9.17) is 12.2 Å². The van der Waals surface area contributed by atoms with Crippen molar-refractivity contribution in [2.24, 2.45) is 0 Å². The van der Waals surface area contributed by atoms with Crippen LogP contribution in [-0.2, 0) is 4.79 Å². The Morgan fingerprint density at radius 1 is 1.39 bits per heavy atom. The predicted molar refractivity (Wildman–Crippen MR) is 67.1 cm³/mol. The third kappa shape index (κ3) is 2.48. The highest BCUT2D eigenvalue weighted by Crippen LogP contribution is 2.29. The number of rotatable bonds is 1. The van der Waals surface area contributed by atoms with E-state index in [0.717, 1.165) is 6.07 Å². The van der Waals surface area contributed by atoms with Crippen LogP contribution in [0.4, 0.5) is 8.78 Å². The third-order valence-electron chi connectivity index (χ3n) is 2.94. The molecule has 1 aromatic carbocycles. The molecule has 1 saturated heterocycles. The van der Waals surface area contributed by atoms with Gasteiger partial charge >= 0.3 is 0 Å². The van der Waals surface area contributed by atoms with Crippen LogP contribution in [0.1, 0.15) is 17.9 Å². The number of halogens is 2. The largest absolute Gasteiger partial charge is 0.365 e. The molecular formula is C12H12F2N2OS. The van der Waals surface area contributed by atoms with Gasteiger partial charge in [0.15, 0.2) is 5.11 Å². The lowest BCUT2D eigenvalue weighted by atomic mass is 9.98. The number of carbonyl (C=O) groups is 1. The Hall–Kier alpha value is -1.56. The number of hydrogen-bond donors (Lipinski definition) is 1. The van der Waals surface area contributed by atoms with Gasteiger partial charge in [-0.3, -0.25) is 9.69 Å². The SMILES string of the molecule is CNC(=S)N1C[C@H](c2cc(F)cc(F)c2)CC1=O. The van der Waals surface area contributed by atoms with E-state index in [1.54, 1.807) is 7.05 Å². The van der Waals surface area contributed by atoms with Crippen molar-refractivity contribution in [1.29, 1.82) is 0 Å². The van der Waals surface area contributed by atoms with Crippen molar-refractivity contribution in [2.45, 2.75) is 12.3 Å². The molecule has 1 amide bonds. The molecule has 3 nitrogen and oxygen atoms in total. The number of hydrogen-bond acceptors (Lipinski definition) is 2. The van der Waals surface area contributed by atoms with E-state index in [1.165, 1.54) is 17.0 Å². The molecule has 0 unspecified atom stereocenters. The number of thiocarbonyl (C=S) groups is 1. The maximum absolute atomic E-state index is 13.1. The van der Waals surface area contributed by atoms with Gasteiger partial charge in [0, 0.05) is 32.0 Å². The molecule has 1 atom stereocenters. The van der Waals surface area contributed by atoms with Gasteiger partial charge in [0.25, 0.3) is 0 Å². The van der Waals surface area contributed by atoms with Crippen molar-refractivity contribution in [1.82, 2.24) is 10.2 Å². The summed E-state index contributed by atoms with van der Waals surface area (Å²) in [6.07, 6.45) is 0.213. The van der Waals surface area contributed by atoms with E-state index in [2.05, 4.69) is 5.32 Å². The second kappa shape index (κ2) is 4.97. The highest BCUT2D eigenvalue weighted by Gasteiger charge is 2.33. The molecule has 0 spiro atoms. The molecule has 96 valence electrons. The number of nitrogens with zero attached hydrogens (tertiary/aromatic N) is 1. The summed E-state index contributed by atoms with van der Waals surface area (Å²) in [6, 6.07) is 3.33. The first-order valence-corrected chi connectivity index (χ1v) is 5.90. The first-order chi connectivity index (χ1) is 8.51. The van der Waals surface area contributed by atoms with Gasteiger partial charge in [-0.25, -0.2) is 8.78 Å². The summed E-state index contributed by atoms with van der Waals surface area (Å²) in [5.74, 6) is -1.63. The summed E-state index contributed by atoms with van der Waals surface area (Å²) < 4.78 is 26.2. The summed E-state index contributed by atoms with van der Waals surface area (Å²) in [7, 11) is 1.63. The van der Waals surface area contributed by atoms with Crippen LogP contribution in [0.3, 0.4) is 0 Å². The van der Waals surface area contributed by atoms with Crippen LogP contribution in [0.2, 0.25) is 0 Å². The maximum Gasteiger partial charge on any atom is 0.229 e. The standard InChI is InChI=1S/C12H12F2N2OS/c1-15-12(18)16-6-8(4-11(16)17)7-2-9(13)5-10(14)3-7/h2-3,5,8H,4,6H2,1H3,(H,15,18)/t8-/m1/s1. The van der Waals surface area contributed by atoms with Crippen LogP contribution >= 0.6 is 12.2 Å². The number of carbonyl (C=O) groups excluding carboxylic acids is 1. The van der Waals surface area contributed by atoms with Gasteiger partial charge in [-0.05, 0) is 29.9 Å². The average Bonchev–Trinajstić information content (AvgIpc) is 2.69. The fourth-order valence-electron chi connectivity index (χ4n) is 2.07. The highest BCUT2D eigenvalue weighted by atomic mass is 32.1. The van der Waals surface area contributed by atoms with Crippen LogP contribution in [0, 0.1) is 11.6 Å². The van der Waals surface area contributed by atoms with Gasteiger partial charge in [-0.1, -0.05) is 0 Å². The van der Waals surface area contributed by atoms with E-state index < -0.39 is 11.6 Å². The van der Waals surface area contributed by atoms with Crippen molar-refractivity contribution < 1.29 is 13.6 Å². The molecule has 1 heterocycles. The molecule has 6 heteroatoms. The fraction of sp³-hybridized carbons (Fsp3) is 0.333. The topological polar surface area (TPSA) is 32.3 Å². The molecule has 1 fully saturated rings. The molecule has 0 radical (unpaired) electrons. The first-order valence-electron chi connectivity index (χ1n) is 5.49. The van der Waals surface area contributed by atoms with Gasteiger partial charge < -0.3 is 5.32 Å². The van der Waals surface area contributed by atoms with E-state index in [9.17, 15) is 13.6 Å². The molecule has 1 aliphatic heterocycles. The highest BCUT2D eigenvalue weighted by molar-refractivity contribution is 7.80. The first kappa shape index (κ1) is 12.9. The van der Waals surface area contributed by atoms with Gasteiger partial charge in [0.05, 0.1) is 0 Å². The summed E-state index contributed by atoms with van der Waals surface area (Å²) in [5, 5.41) is 3.05. The third-order valence-corrected chi connectivity index (χ3v) is 3.36. The van der Waals surface area contributed by atoms with Crippen molar-refractivity contribution in [3.8, 4) is 0 Å². The minimum Gasteiger partial charge on any atom is -0.365 e.